The van der Waals surface area contributed by atoms with Gasteiger partial charge in [-0.15, -0.1) is 0 Å². The van der Waals surface area contributed by atoms with Crippen LogP contribution in [0, 0.1) is 5.92 Å². The minimum absolute atomic E-state index is 0.233. The number of hydrogen-bond donors (Lipinski definition) is 3. The van der Waals surface area contributed by atoms with E-state index in [1.54, 1.807) is 25.1 Å². The Morgan fingerprint density at radius 2 is 1.73 bits per heavy atom. The molecule has 1 aromatic carbocycles. The number of carbonyl (C=O) groups is 3. The molecule has 0 saturated carbocycles. The maximum absolute atomic E-state index is 12.1. The van der Waals surface area contributed by atoms with Crippen molar-refractivity contribution in [3.63, 3.8) is 0 Å². The van der Waals surface area contributed by atoms with Crippen LogP contribution in [-0.2, 0) is 4.79 Å². The molecule has 0 aromatic heterocycles. The van der Waals surface area contributed by atoms with E-state index >= 15 is 0 Å². The highest BCUT2D eigenvalue weighted by molar-refractivity contribution is 5.99. The van der Waals surface area contributed by atoms with Crippen LogP contribution in [0.5, 0.6) is 0 Å². The summed E-state index contributed by atoms with van der Waals surface area (Å²) in [5.74, 6) is -2.30. The topological polar surface area (TPSA) is 95.5 Å². The van der Waals surface area contributed by atoms with Crippen LogP contribution in [0.2, 0.25) is 0 Å². The SMILES string of the molecule is CCCNC(=O)c1cccc(C(=O)NC(C)C(C)C(=O)O)c1. The largest absolute Gasteiger partial charge is 0.481 e. The van der Waals surface area contributed by atoms with Gasteiger partial charge in [-0.05, 0) is 38.5 Å². The fraction of sp³-hybridized carbons (Fsp3) is 0.438. The van der Waals surface area contributed by atoms with E-state index in [0.717, 1.165) is 6.42 Å². The Balaban J connectivity index is 2.78. The van der Waals surface area contributed by atoms with Crippen molar-refractivity contribution in [3.8, 4) is 0 Å². The van der Waals surface area contributed by atoms with Gasteiger partial charge in [0.2, 0.25) is 0 Å². The Labute approximate surface area is 129 Å². The van der Waals surface area contributed by atoms with Gasteiger partial charge < -0.3 is 15.7 Å². The van der Waals surface area contributed by atoms with Crippen molar-refractivity contribution in [3.05, 3.63) is 35.4 Å². The summed E-state index contributed by atoms with van der Waals surface area (Å²) in [6.45, 7) is 5.69. The first-order chi connectivity index (χ1) is 10.4. The number of benzene rings is 1. The predicted octanol–water partition coefficient (Wildman–Crippen LogP) is 1.67. The Morgan fingerprint density at radius 1 is 1.14 bits per heavy atom. The van der Waals surface area contributed by atoms with Gasteiger partial charge in [-0.2, -0.15) is 0 Å². The molecule has 6 nitrogen and oxygen atoms in total. The summed E-state index contributed by atoms with van der Waals surface area (Å²) in [7, 11) is 0. The second kappa shape index (κ2) is 8.17. The van der Waals surface area contributed by atoms with Gasteiger partial charge in [0, 0.05) is 23.7 Å². The third-order valence-corrected chi connectivity index (χ3v) is 3.42. The van der Waals surface area contributed by atoms with Crippen molar-refractivity contribution >= 4 is 17.8 Å². The summed E-state index contributed by atoms with van der Waals surface area (Å²) < 4.78 is 0. The lowest BCUT2D eigenvalue weighted by Gasteiger charge is -2.17. The molecule has 120 valence electrons. The fourth-order valence-electron chi connectivity index (χ4n) is 1.77. The zero-order valence-electron chi connectivity index (χ0n) is 13.1. The van der Waals surface area contributed by atoms with Gasteiger partial charge in [-0.1, -0.05) is 13.0 Å². The van der Waals surface area contributed by atoms with Crippen molar-refractivity contribution in [1.29, 1.82) is 0 Å². The van der Waals surface area contributed by atoms with Gasteiger partial charge in [-0.25, -0.2) is 0 Å². The molecule has 0 bridgehead atoms. The summed E-state index contributed by atoms with van der Waals surface area (Å²) in [6.07, 6.45) is 0.830. The number of rotatable bonds is 7. The number of aliphatic carboxylic acids is 1. The van der Waals surface area contributed by atoms with Crippen molar-refractivity contribution in [2.75, 3.05) is 6.54 Å². The minimum atomic E-state index is -0.972. The van der Waals surface area contributed by atoms with Crippen molar-refractivity contribution in [1.82, 2.24) is 10.6 Å². The van der Waals surface area contributed by atoms with Crippen molar-refractivity contribution in [2.45, 2.75) is 33.2 Å². The van der Waals surface area contributed by atoms with Crippen LogP contribution >= 0.6 is 0 Å². The molecule has 0 heterocycles. The van der Waals surface area contributed by atoms with Gasteiger partial charge in [0.25, 0.3) is 11.8 Å². The van der Waals surface area contributed by atoms with Crippen LogP contribution in [0.4, 0.5) is 0 Å². The maximum Gasteiger partial charge on any atom is 0.308 e. The van der Waals surface area contributed by atoms with E-state index in [2.05, 4.69) is 10.6 Å². The molecule has 22 heavy (non-hydrogen) atoms. The molecule has 0 saturated heterocycles. The summed E-state index contributed by atoms with van der Waals surface area (Å²) >= 11 is 0. The second-order valence-electron chi connectivity index (χ2n) is 5.23. The van der Waals surface area contributed by atoms with E-state index in [1.807, 2.05) is 6.92 Å². The molecule has 2 unspecified atom stereocenters. The number of amides is 2. The lowest BCUT2D eigenvalue weighted by Crippen LogP contribution is -2.40. The van der Waals surface area contributed by atoms with E-state index in [0.29, 0.717) is 17.7 Å². The molecule has 0 aliphatic heterocycles. The Kier molecular flexibility index (Phi) is 6.56. The first kappa shape index (κ1) is 17.7. The molecule has 0 fully saturated rings. The average molecular weight is 306 g/mol. The molecule has 3 N–H and O–H groups in total. The highest BCUT2D eigenvalue weighted by Gasteiger charge is 2.21. The summed E-state index contributed by atoms with van der Waals surface area (Å²) in [6, 6.07) is 5.83. The molecule has 1 aromatic rings. The quantitative estimate of drug-likeness (QED) is 0.714. The molecule has 0 radical (unpaired) electrons. The predicted molar refractivity (Wildman–Crippen MR) is 82.8 cm³/mol. The van der Waals surface area contributed by atoms with Gasteiger partial charge >= 0.3 is 5.97 Å². The second-order valence-corrected chi connectivity index (χ2v) is 5.23. The smallest absolute Gasteiger partial charge is 0.308 e. The zero-order valence-corrected chi connectivity index (χ0v) is 13.1. The normalized spacial score (nSPS) is 13.0. The van der Waals surface area contributed by atoms with Crippen molar-refractivity contribution < 1.29 is 19.5 Å². The zero-order chi connectivity index (χ0) is 16.7. The minimum Gasteiger partial charge on any atom is -0.481 e. The molecule has 0 aliphatic rings. The summed E-state index contributed by atoms with van der Waals surface area (Å²) in [5, 5.41) is 14.3. The molecular weight excluding hydrogens is 284 g/mol. The summed E-state index contributed by atoms with van der Waals surface area (Å²) in [4.78, 5) is 34.9. The van der Waals surface area contributed by atoms with Crippen molar-refractivity contribution in [2.24, 2.45) is 5.92 Å². The van der Waals surface area contributed by atoms with Crippen LogP contribution < -0.4 is 10.6 Å². The lowest BCUT2D eigenvalue weighted by atomic mass is 10.0. The molecule has 2 atom stereocenters. The molecular formula is C16H22N2O4. The van der Waals surface area contributed by atoms with E-state index < -0.39 is 23.8 Å². The van der Waals surface area contributed by atoms with E-state index in [4.69, 9.17) is 5.11 Å². The first-order valence-electron chi connectivity index (χ1n) is 7.28. The number of hydrogen-bond acceptors (Lipinski definition) is 3. The van der Waals surface area contributed by atoms with Gasteiger partial charge in [0.05, 0.1) is 5.92 Å². The van der Waals surface area contributed by atoms with E-state index in [9.17, 15) is 14.4 Å². The standard InChI is InChI=1S/C16H22N2O4/c1-4-8-17-14(19)12-6-5-7-13(9-12)15(20)18-11(3)10(2)16(21)22/h5-7,9-11H,4,8H2,1-3H3,(H,17,19)(H,18,20)(H,21,22). The third-order valence-electron chi connectivity index (χ3n) is 3.42. The van der Waals surface area contributed by atoms with Gasteiger partial charge in [0.15, 0.2) is 0 Å². The summed E-state index contributed by atoms with van der Waals surface area (Å²) in [5.41, 5.74) is 0.730. The number of carboxylic acids is 1. The highest BCUT2D eigenvalue weighted by Crippen LogP contribution is 2.08. The van der Waals surface area contributed by atoms with Crippen LogP contribution in [0.15, 0.2) is 24.3 Å². The average Bonchev–Trinajstić information content (AvgIpc) is 2.51. The molecule has 1 rings (SSSR count). The molecule has 6 heteroatoms. The highest BCUT2D eigenvalue weighted by atomic mass is 16.4. The lowest BCUT2D eigenvalue weighted by molar-refractivity contribution is -0.141. The monoisotopic (exact) mass is 306 g/mol. The Morgan fingerprint density at radius 3 is 2.27 bits per heavy atom. The van der Waals surface area contributed by atoms with Crippen LogP contribution in [-0.4, -0.2) is 35.5 Å². The number of carbonyl (C=O) groups excluding carboxylic acids is 2. The van der Waals surface area contributed by atoms with Gasteiger partial charge in [0.1, 0.15) is 0 Å². The van der Waals surface area contributed by atoms with E-state index in [1.165, 1.54) is 13.0 Å². The van der Waals surface area contributed by atoms with Crippen LogP contribution in [0.3, 0.4) is 0 Å². The van der Waals surface area contributed by atoms with Crippen LogP contribution in [0.25, 0.3) is 0 Å². The fourth-order valence-corrected chi connectivity index (χ4v) is 1.77. The molecule has 0 aliphatic carbocycles. The number of nitrogens with one attached hydrogen (secondary N) is 2. The Hall–Kier alpha value is -2.37. The number of carboxylic acid groups (broad SMARTS) is 1. The van der Waals surface area contributed by atoms with Crippen LogP contribution in [0.1, 0.15) is 47.9 Å². The van der Waals surface area contributed by atoms with Gasteiger partial charge in [-0.3, -0.25) is 14.4 Å². The maximum atomic E-state index is 12.1. The molecule has 0 spiro atoms. The van der Waals surface area contributed by atoms with E-state index in [-0.39, 0.29) is 5.91 Å². The Bertz CT molecular complexity index is 557. The molecule has 2 amide bonds. The third kappa shape index (κ3) is 4.87. The first-order valence-corrected chi connectivity index (χ1v) is 7.28.